The molecule has 1 heteroatoms. The maximum Gasteiger partial charge on any atom is 0.0789 e. The number of hydrogen-bond donors (Lipinski definition) is 0. The molecule has 62 valence electrons. The Bertz CT molecular complexity index is 160. The van der Waals surface area contributed by atoms with Crippen molar-refractivity contribution < 1.29 is 4.48 Å². The van der Waals surface area contributed by atoms with Crippen molar-refractivity contribution in [2.24, 2.45) is 5.92 Å². The van der Waals surface area contributed by atoms with Crippen LogP contribution in [0.1, 0.15) is 6.42 Å². The Morgan fingerprint density at radius 3 is 2.09 bits per heavy atom. The fourth-order valence-corrected chi connectivity index (χ4v) is 1.21. The van der Waals surface area contributed by atoms with Gasteiger partial charge in [-0.15, -0.1) is 0 Å². The summed E-state index contributed by atoms with van der Waals surface area (Å²) in [4.78, 5) is 0. The topological polar surface area (TPSA) is 0 Å². The van der Waals surface area contributed by atoms with E-state index in [9.17, 15) is 0 Å². The number of hydrogen-bond acceptors (Lipinski definition) is 0. The van der Waals surface area contributed by atoms with E-state index in [1.165, 1.54) is 13.0 Å². The smallest absolute Gasteiger partial charge is 0.0789 e. The maximum atomic E-state index is 2.27. The van der Waals surface area contributed by atoms with E-state index in [2.05, 4.69) is 45.4 Å². The quantitative estimate of drug-likeness (QED) is 0.541. The van der Waals surface area contributed by atoms with Crippen LogP contribution in [0.5, 0.6) is 0 Å². The first kappa shape index (κ1) is 8.54. The molecule has 0 aromatic rings. The van der Waals surface area contributed by atoms with E-state index in [-0.39, 0.29) is 0 Å². The summed E-state index contributed by atoms with van der Waals surface area (Å²) >= 11 is 0. The van der Waals surface area contributed by atoms with Crippen LogP contribution in [0.25, 0.3) is 0 Å². The summed E-state index contributed by atoms with van der Waals surface area (Å²) < 4.78 is 1.07. The molecule has 0 bridgehead atoms. The Labute approximate surface area is 69.6 Å². The van der Waals surface area contributed by atoms with Crippen LogP contribution in [0.15, 0.2) is 24.3 Å². The largest absolute Gasteiger partial charge is 0.331 e. The molecule has 0 saturated heterocycles. The van der Waals surface area contributed by atoms with Gasteiger partial charge < -0.3 is 4.48 Å². The lowest BCUT2D eigenvalue weighted by Gasteiger charge is -2.24. The number of quaternary nitrogens is 1. The van der Waals surface area contributed by atoms with Crippen molar-refractivity contribution in [3.8, 4) is 0 Å². The molecule has 0 fully saturated rings. The number of nitrogens with zero attached hydrogens (tertiary/aromatic N) is 1. The van der Waals surface area contributed by atoms with Gasteiger partial charge in [0, 0.05) is 12.3 Å². The summed E-state index contributed by atoms with van der Waals surface area (Å²) in [5.41, 5.74) is 0. The molecule has 0 aromatic carbocycles. The molecule has 0 radical (unpaired) electrons. The Morgan fingerprint density at radius 2 is 1.64 bits per heavy atom. The minimum atomic E-state index is 0.701. The van der Waals surface area contributed by atoms with Crippen molar-refractivity contribution in [1.29, 1.82) is 0 Å². The zero-order chi connectivity index (χ0) is 8.32. The monoisotopic (exact) mass is 152 g/mol. The van der Waals surface area contributed by atoms with Crippen LogP contribution < -0.4 is 0 Å². The van der Waals surface area contributed by atoms with Gasteiger partial charge in [0.25, 0.3) is 0 Å². The molecule has 1 aliphatic rings. The van der Waals surface area contributed by atoms with Crippen molar-refractivity contribution in [2.75, 3.05) is 27.7 Å². The lowest BCUT2D eigenvalue weighted by Crippen LogP contribution is -2.35. The van der Waals surface area contributed by atoms with E-state index in [1.807, 2.05) is 0 Å². The highest BCUT2D eigenvalue weighted by atomic mass is 15.3. The van der Waals surface area contributed by atoms with Crippen LogP contribution in [0, 0.1) is 5.92 Å². The second kappa shape index (κ2) is 3.22. The summed E-state index contributed by atoms with van der Waals surface area (Å²) in [5, 5.41) is 0. The highest BCUT2D eigenvalue weighted by Gasteiger charge is 2.10. The second-order valence-electron chi connectivity index (χ2n) is 4.24. The van der Waals surface area contributed by atoms with Gasteiger partial charge in [0.1, 0.15) is 0 Å². The van der Waals surface area contributed by atoms with Crippen LogP contribution in [-0.2, 0) is 0 Å². The molecule has 1 rings (SSSR count). The highest BCUT2D eigenvalue weighted by molar-refractivity contribution is 5.17. The molecule has 0 saturated carbocycles. The molecule has 0 N–H and O–H groups in total. The fraction of sp³-hybridized carbons (Fsp3) is 0.600. The van der Waals surface area contributed by atoms with Gasteiger partial charge in [-0.2, -0.15) is 0 Å². The van der Waals surface area contributed by atoms with E-state index in [0.717, 1.165) is 4.48 Å². The van der Waals surface area contributed by atoms with Crippen molar-refractivity contribution in [1.82, 2.24) is 0 Å². The van der Waals surface area contributed by atoms with Gasteiger partial charge in [0.15, 0.2) is 0 Å². The molecule has 11 heavy (non-hydrogen) atoms. The lowest BCUT2D eigenvalue weighted by atomic mass is 10.1. The molecule has 1 nitrogen and oxygen atoms in total. The first-order valence-electron chi connectivity index (χ1n) is 4.23. The van der Waals surface area contributed by atoms with E-state index in [0.29, 0.717) is 5.92 Å². The van der Waals surface area contributed by atoms with Gasteiger partial charge in [-0.1, -0.05) is 24.3 Å². The van der Waals surface area contributed by atoms with Crippen LogP contribution in [0.4, 0.5) is 0 Å². The fourth-order valence-electron chi connectivity index (χ4n) is 1.21. The summed E-state index contributed by atoms with van der Waals surface area (Å²) in [5.74, 6) is 0.701. The average Bonchev–Trinajstić information content (AvgIpc) is 2.32. The van der Waals surface area contributed by atoms with Crippen LogP contribution in [0.3, 0.4) is 0 Å². The molecule has 0 unspecified atom stereocenters. The average molecular weight is 152 g/mol. The van der Waals surface area contributed by atoms with Crippen molar-refractivity contribution in [3.63, 3.8) is 0 Å². The first-order chi connectivity index (χ1) is 5.08. The first-order valence-corrected chi connectivity index (χ1v) is 4.23. The molecular weight excluding hydrogens is 134 g/mol. The summed E-state index contributed by atoms with van der Waals surface area (Å²) in [6.45, 7) is 1.25. The third-order valence-corrected chi connectivity index (χ3v) is 1.96. The molecule has 0 amide bonds. The van der Waals surface area contributed by atoms with Crippen LogP contribution in [-0.4, -0.2) is 32.2 Å². The van der Waals surface area contributed by atoms with Gasteiger partial charge in [-0.05, 0) is 0 Å². The summed E-state index contributed by atoms with van der Waals surface area (Å²) in [7, 11) is 6.72. The van der Waals surface area contributed by atoms with E-state index in [1.54, 1.807) is 0 Å². The van der Waals surface area contributed by atoms with Crippen LogP contribution in [0.2, 0.25) is 0 Å². The predicted molar refractivity (Wildman–Crippen MR) is 49.3 cm³/mol. The Balaban J connectivity index is 2.23. The van der Waals surface area contributed by atoms with Gasteiger partial charge in [-0.3, -0.25) is 0 Å². The van der Waals surface area contributed by atoms with Gasteiger partial charge >= 0.3 is 0 Å². The summed E-state index contributed by atoms with van der Waals surface area (Å²) in [6.07, 6.45) is 10.1. The van der Waals surface area contributed by atoms with Crippen molar-refractivity contribution >= 4 is 0 Å². The normalized spacial score (nSPS) is 18.1. The Morgan fingerprint density at radius 1 is 1.09 bits per heavy atom. The van der Waals surface area contributed by atoms with E-state index in [4.69, 9.17) is 0 Å². The van der Waals surface area contributed by atoms with Gasteiger partial charge in [-0.25, -0.2) is 0 Å². The Hall–Kier alpha value is -0.560. The van der Waals surface area contributed by atoms with Gasteiger partial charge in [0.2, 0.25) is 0 Å². The predicted octanol–water partition coefficient (Wildman–Crippen LogP) is 1.82. The van der Waals surface area contributed by atoms with Gasteiger partial charge in [0.05, 0.1) is 27.7 Å². The number of rotatable bonds is 3. The lowest BCUT2D eigenvalue weighted by molar-refractivity contribution is -0.870. The minimum absolute atomic E-state index is 0.701. The molecule has 1 aliphatic carbocycles. The van der Waals surface area contributed by atoms with Crippen molar-refractivity contribution in [3.05, 3.63) is 24.3 Å². The second-order valence-corrected chi connectivity index (χ2v) is 4.24. The molecule has 0 heterocycles. The highest BCUT2D eigenvalue weighted by Crippen LogP contribution is 2.14. The number of allylic oxidation sites excluding steroid dienone is 4. The minimum Gasteiger partial charge on any atom is -0.331 e. The zero-order valence-corrected chi connectivity index (χ0v) is 7.75. The van der Waals surface area contributed by atoms with Crippen molar-refractivity contribution in [2.45, 2.75) is 6.42 Å². The standard InChI is InChI=1S/C10H18N/c1-11(2,3)9-8-10-6-4-5-7-10/h4-7,10H,8-9H2,1-3H3/q+1. The molecule has 0 aliphatic heterocycles. The molecule has 0 aromatic heterocycles. The maximum absolute atomic E-state index is 2.27. The third kappa shape index (κ3) is 3.38. The van der Waals surface area contributed by atoms with E-state index >= 15 is 0 Å². The molecular formula is C10H18N+. The molecule has 0 spiro atoms. The third-order valence-electron chi connectivity index (χ3n) is 1.96. The summed E-state index contributed by atoms with van der Waals surface area (Å²) in [6, 6.07) is 0. The zero-order valence-electron chi connectivity index (χ0n) is 7.75. The Kier molecular flexibility index (Phi) is 2.50. The van der Waals surface area contributed by atoms with Crippen LogP contribution >= 0.6 is 0 Å². The van der Waals surface area contributed by atoms with E-state index < -0.39 is 0 Å². The molecule has 0 atom stereocenters. The SMILES string of the molecule is C[N+](C)(C)CCC1C=CC=C1.